The Morgan fingerprint density at radius 2 is 1.93 bits per heavy atom. The Kier molecular flexibility index (Phi) is 12.5. The first-order valence-corrected chi connectivity index (χ1v) is 3.82. The molecule has 0 spiro atoms. The molecule has 0 aliphatic carbocycles. The Bertz CT molecular complexity index is 194. The molecule has 0 amide bonds. The van der Waals surface area contributed by atoms with E-state index in [1.54, 1.807) is 6.29 Å². The van der Waals surface area contributed by atoms with Gasteiger partial charge in [0.15, 0.2) is 0 Å². The van der Waals surface area contributed by atoms with E-state index >= 15 is 0 Å². The van der Waals surface area contributed by atoms with E-state index in [1.165, 1.54) is 0 Å². The second kappa shape index (κ2) is 9.18. The van der Waals surface area contributed by atoms with Crippen molar-refractivity contribution < 1.29 is 51.9 Å². The molecule has 0 saturated carbocycles. The molecule has 0 rings (SSSR count). The molecule has 15 heavy (non-hydrogen) atoms. The van der Waals surface area contributed by atoms with Crippen molar-refractivity contribution in [2.45, 2.75) is 20.0 Å². The van der Waals surface area contributed by atoms with Gasteiger partial charge in [-0.3, -0.25) is 6.29 Å². The number of likely N-dealkylation sites (N-methyl/N-ethyl adjacent to an activating group) is 1. The van der Waals surface area contributed by atoms with Crippen LogP contribution in [0, 0.1) is 10.1 Å². The van der Waals surface area contributed by atoms with Crippen molar-refractivity contribution in [3.8, 4) is 0 Å². The minimum atomic E-state index is -0.877. The fraction of sp³-hybridized carbons (Fsp3) is 0.875. The standard InChI is InChI=1S/C7H14N2O4.CH4.Y/c1-9(2,3)6-7(4-5-10)13-8(11)12;;/h7H,4,6H2,1-3H3;1H4;. The third-order valence-electron chi connectivity index (χ3n) is 1.30. The van der Waals surface area contributed by atoms with E-state index in [0.717, 1.165) is 0 Å². The van der Waals surface area contributed by atoms with Gasteiger partial charge in [-0.25, -0.2) is 0 Å². The van der Waals surface area contributed by atoms with Gasteiger partial charge in [0, 0.05) is 32.7 Å². The molecule has 0 aromatic heterocycles. The van der Waals surface area contributed by atoms with Gasteiger partial charge < -0.3 is 14.1 Å². The molecule has 1 radical (unpaired) electrons. The molecule has 0 aromatic rings. The average molecular weight is 295 g/mol. The third kappa shape index (κ3) is 13.9. The van der Waals surface area contributed by atoms with Crippen LogP contribution in [-0.2, 0) is 42.3 Å². The van der Waals surface area contributed by atoms with E-state index in [0.29, 0.717) is 11.0 Å². The van der Waals surface area contributed by atoms with Gasteiger partial charge in [0.25, 0.3) is 5.09 Å². The second-order valence-electron chi connectivity index (χ2n) is 3.77. The molecule has 6 nitrogen and oxygen atoms in total. The zero-order valence-corrected chi connectivity index (χ0v) is 11.4. The predicted octanol–water partition coefficient (Wildman–Crippen LogP) is 0.403. The molecule has 0 bridgehead atoms. The molecule has 0 aromatic carbocycles. The molecule has 0 N–H and O–H groups in total. The maximum absolute atomic E-state index is 10.0. The maximum Gasteiger partial charge on any atom is 0.294 e. The topological polar surface area (TPSA) is 69.4 Å². The number of rotatable bonds is 6. The van der Waals surface area contributed by atoms with Crippen molar-refractivity contribution >= 4 is 6.29 Å². The Morgan fingerprint density at radius 1 is 1.47 bits per heavy atom. The van der Waals surface area contributed by atoms with Crippen LogP contribution in [0.1, 0.15) is 13.8 Å². The van der Waals surface area contributed by atoms with Crippen LogP contribution in [0.15, 0.2) is 0 Å². The largest absolute Gasteiger partial charge is 0.542 e. The van der Waals surface area contributed by atoms with Gasteiger partial charge in [-0.2, -0.15) is 0 Å². The van der Waals surface area contributed by atoms with Crippen molar-refractivity contribution in [3.05, 3.63) is 10.1 Å². The molecule has 0 saturated heterocycles. The zero-order valence-electron chi connectivity index (χ0n) is 8.60. The number of quaternary nitrogens is 1. The van der Waals surface area contributed by atoms with Crippen LogP contribution in [0.2, 0.25) is 0 Å². The van der Waals surface area contributed by atoms with Crippen LogP contribution in [0.4, 0.5) is 0 Å². The van der Waals surface area contributed by atoms with E-state index in [-0.39, 0.29) is 46.6 Å². The summed E-state index contributed by atoms with van der Waals surface area (Å²) in [6, 6.07) is 0. The maximum atomic E-state index is 10.0. The van der Waals surface area contributed by atoms with Crippen LogP contribution in [0.5, 0.6) is 0 Å². The third-order valence-corrected chi connectivity index (χ3v) is 1.30. The SMILES string of the molecule is C.C[N+](C)(C)CC(C[C-]=O)O[N+](=O)[O-].[Y]. The van der Waals surface area contributed by atoms with Crippen LogP contribution in [0.25, 0.3) is 0 Å². The summed E-state index contributed by atoms with van der Waals surface area (Å²) in [6.45, 7) is 0.399. The van der Waals surface area contributed by atoms with Crippen molar-refractivity contribution in [2.75, 3.05) is 27.7 Å². The summed E-state index contributed by atoms with van der Waals surface area (Å²) in [4.78, 5) is 24.4. The molecule has 87 valence electrons. The minimum Gasteiger partial charge on any atom is -0.542 e. The van der Waals surface area contributed by atoms with Crippen LogP contribution < -0.4 is 0 Å². The average Bonchev–Trinajstić information content (AvgIpc) is 1.81. The minimum absolute atomic E-state index is 0. The van der Waals surface area contributed by atoms with Crippen molar-refractivity contribution in [2.24, 2.45) is 0 Å². The van der Waals surface area contributed by atoms with Gasteiger partial charge >= 0.3 is 0 Å². The summed E-state index contributed by atoms with van der Waals surface area (Å²) in [7, 11) is 5.59. The molecule has 1 atom stereocenters. The first kappa shape index (κ1) is 20.4. The molecular weight excluding hydrogens is 277 g/mol. The Labute approximate surface area is 116 Å². The summed E-state index contributed by atoms with van der Waals surface area (Å²) in [6.07, 6.45) is 0.832. The van der Waals surface area contributed by atoms with Gasteiger partial charge in [-0.15, -0.1) is 16.5 Å². The second-order valence-corrected chi connectivity index (χ2v) is 3.77. The monoisotopic (exact) mass is 295 g/mol. The fourth-order valence-electron chi connectivity index (χ4n) is 0.961. The van der Waals surface area contributed by atoms with Crippen molar-refractivity contribution in [1.29, 1.82) is 0 Å². The van der Waals surface area contributed by atoms with Gasteiger partial charge in [0.2, 0.25) is 0 Å². The van der Waals surface area contributed by atoms with E-state index in [9.17, 15) is 14.9 Å². The number of carbonyl (C=O) groups excluding carboxylic acids is 1. The van der Waals surface area contributed by atoms with Crippen molar-refractivity contribution in [3.63, 3.8) is 0 Å². The van der Waals surface area contributed by atoms with Crippen LogP contribution in [0.3, 0.4) is 0 Å². The molecule has 0 aliphatic heterocycles. The predicted molar refractivity (Wildman–Crippen MR) is 51.8 cm³/mol. The van der Waals surface area contributed by atoms with E-state index in [2.05, 4.69) is 4.84 Å². The van der Waals surface area contributed by atoms with Gasteiger partial charge in [0.1, 0.15) is 12.6 Å². The van der Waals surface area contributed by atoms with Crippen LogP contribution >= 0.6 is 0 Å². The smallest absolute Gasteiger partial charge is 0.294 e. The Balaban J connectivity index is -0.000000720. The number of nitrogens with zero attached hydrogens (tertiary/aromatic N) is 2. The first-order chi connectivity index (χ1) is 5.85. The summed E-state index contributed by atoms with van der Waals surface area (Å²) in [5, 5.41) is 9.14. The Morgan fingerprint density at radius 3 is 2.20 bits per heavy atom. The van der Waals surface area contributed by atoms with Gasteiger partial charge in [-0.1, -0.05) is 7.43 Å². The summed E-state index contributed by atoms with van der Waals surface area (Å²) < 4.78 is 0.500. The van der Waals surface area contributed by atoms with Gasteiger partial charge in [0.05, 0.1) is 21.1 Å². The Hall–Kier alpha value is -0.0661. The molecule has 0 fully saturated rings. The van der Waals surface area contributed by atoms with Crippen LogP contribution in [-0.4, -0.2) is 49.6 Å². The molecular formula is C8H18N2O4Y. The van der Waals surface area contributed by atoms with E-state index in [1.807, 2.05) is 21.1 Å². The molecule has 1 unspecified atom stereocenters. The van der Waals surface area contributed by atoms with Gasteiger partial charge in [-0.05, 0) is 0 Å². The zero-order chi connectivity index (χ0) is 10.5. The summed E-state index contributed by atoms with van der Waals surface area (Å²) in [5.74, 6) is 0. The summed E-state index contributed by atoms with van der Waals surface area (Å²) in [5.41, 5.74) is 0. The van der Waals surface area contributed by atoms with E-state index < -0.39 is 11.2 Å². The number of hydrogen-bond acceptors (Lipinski definition) is 4. The first-order valence-electron chi connectivity index (χ1n) is 3.82. The molecule has 0 aliphatic rings. The summed E-state index contributed by atoms with van der Waals surface area (Å²) >= 11 is 0. The fourth-order valence-corrected chi connectivity index (χ4v) is 0.961. The quantitative estimate of drug-likeness (QED) is 0.308. The van der Waals surface area contributed by atoms with E-state index in [4.69, 9.17) is 0 Å². The molecule has 7 heteroatoms. The number of hydrogen-bond donors (Lipinski definition) is 0. The van der Waals surface area contributed by atoms with Crippen molar-refractivity contribution in [1.82, 2.24) is 0 Å². The normalized spacial score (nSPS) is 11.7. The molecule has 0 heterocycles.